The minimum atomic E-state index is -3.83. The van der Waals surface area contributed by atoms with Crippen molar-refractivity contribution < 1.29 is 22.7 Å². The predicted molar refractivity (Wildman–Crippen MR) is 122 cm³/mol. The van der Waals surface area contributed by atoms with Crippen molar-refractivity contribution in [2.24, 2.45) is 12.0 Å². The van der Waals surface area contributed by atoms with Gasteiger partial charge in [0.1, 0.15) is 23.1 Å². The molecule has 0 bridgehead atoms. The highest BCUT2D eigenvalue weighted by Gasteiger charge is 2.39. The highest BCUT2D eigenvalue weighted by atomic mass is 32.2. The van der Waals surface area contributed by atoms with Crippen molar-refractivity contribution in [1.82, 2.24) is 8.87 Å². The van der Waals surface area contributed by atoms with Crippen molar-refractivity contribution in [3.63, 3.8) is 0 Å². The number of hydrogen-bond donors (Lipinski definition) is 0. The van der Waals surface area contributed by atoms with Crippen LogP contribution in [0.3, 0.4) is 0 Å². The molecule has 1 unspecified atom stereocenters. The van der Waals surface area contributed by atoms with E-state index >= 15 is 0 Å². The van der Waals surface area contributed by atoms with Crippen molar-refractivity contribution >= 4 is 37.5 Å². The molecule has 1 amide bonds. The number of nitrogens with zero attached hydrogens (tertiary/aromatic N) is 3. The second-order valence-corrected chi connectivity index (χ2v) is 10.3. The Balaban J connectivity index is 1.67. The van der Waals surface area contributed by atoms with Gasteiger partial charge in [-0.3, -0.25) is 4.79 Å². The van der Waals surface area contributed by atoms with Crippen molar-refractivity contribution in [1.29, 1.82) is 0 Å². The zero-order valence-corrected chi connectivity index (χ0v) is 19.8. The van der Waals surface area contributed by atoms with Gasteiger partial charge in [-0.05, 0) is 56.2 Å². The molecule has 0 spiro atoms. The van der Waals surface area contributed by atoms with Crippen molar-refractivity contribution in [3.05, 3.63) is 47.3 Å². The number of hydrogen-bond acceptors (Lipinski definition) is 6. The van der Waals surface area contributed by atoms with Gasteiger partial charge in [0, 0.05) is 13.6 Å². The van der Waals surface area contributed by atoms with Crippen LogP contribution in [0.2, 0.25) is 0 Å². The Morgan fingerprint density at radius 3 is 2.66 bits per heavy atom. The third-order valence-corrected chi connectivity index (χ3v) is 8.47. The molecule has 0 N–H and O–H groups in total. The summed E-state index contributed by atoms with van der Waals surface area (Å²) < 4.78 is 41.2. The molecule has 10 heteroatoms. The summed E-state index contributed by atoms with van der Waals surface area (Å²) in [5.41, 5.74) is 0.861. The molecule has 32 heavy (non-hydrogen) atoms. The van der Waals surface area contributed by atoms with E-state index in [4.69, 9.17) is 9.47 Å². The Morgan fingerprint density at radius 1 is 1.22 bits per heavy atom. The predicted octanol–water partition coefficient (Wildman–Crippen LogP) is 2.93. The summed E-state index contributed by atoms with van der Waals surface area (Å²) in [6.45, 7) is 2.73. The lowest BCUT2D eigenvalue weighted by Crippen LogP contribution is -2.40. The first-order valence-electron chi connectivity index (χ1n) is 10.3. The van der Waals surface area contributed by atoms with Crippen molar-refractivity contribution in [2.75, 3.05) is 20.3 Å². The van der Waals surface area contributed by atoms with Crippen LogP contribution >= 0.6 is 11.3 Å². The minimum absolute atomic E-state index is 0.131. The first kappa shape index (κ1) is 22.5. The van der Waals surface area contributed by atoms with E-state index in [0.29, 0.717) is 30.0 Å². The smallest absolute Gasteiger partial charge is 0.266 e. The summed E-state index contributed by atoms with van der Waals surface area (Å²) in [6.07, 6.45) is 1.05. The molecular formula is C22H25N3O5S2. The number of aryl methyl sites for hydroxylation is 1. The number of thiazole rings is 1. The zero-order chi connectivity index (χ0) is 22.9. The van der Waals surface area contributed by atoms with Crippen LogP contribution in [0.15, 0.2) is 52.4 Å². The first-order chi connectivity index (χ1) is 15.4. The number of ether oxygens (including phenoxy) is 2. The van der Waals surface area contributed by atoms with Gasteiger partial charge >= 0.3 is 0 Å². The molecule has 1 aliphatic rings. The number of carbonyl (C=O) groups is 1. The summed E-state index contributed by atoms with van der Waals surface area (Å²) in [5, 5.41) is 0. The van der Waals surface area contributed by atoms with Crippen molar-refractivity contribution in [2.45, 2.75) is 30.7 Å². The lowest BCUT2D eigenvalue weighted by Gasteiger charge is -2.21. The Labute approximate surface area is 190 Å². The Kier molecular flexibility index (Phi) is 6.36. The molecule has 0 aliphatic carbocycles. The lowest BCUT2D eigenvalue weighted by atomic mass is 10.2. The maximum Gasteiger partial charge on any atom is 0.266 e. The normalized spacial score (nSPS) is 17.7. The zero-order valence-electron chi connectivity index (χ0n) is 18.1. The summed E-state index contributed by atoms with van der Waals surface area (Å²) >= 11 is 1.37. The number of para-hydroxylation sites is 1. The molecule has 4 rings (SSSR count). The van der Waals surface area contributed by atoms with E-state index in [1.807, 2.05) is 36.7 Å². The fourth-order valence-electron chi connectivity index (χ4n) is 3.87. The quantitative estimate of drug-likeness (QED) is 0.547. The maximum absolute atomic E-state index is 13.2. The van der Waals surface area contributed by atoms with Gasteiger partial charge in [-0.1, -0.05) is 17.4 Å². The Hall–Kier alpha value is -2.69. The van der Waals surface area contributed by atoms with Crippen LogP contribution in [0.25, 0.3) is 10.2 Å². The van der Waals surface area contributed by atoms with Crippen LogP contribution < -0.4 is 14.3 Å². The lowest BCUT2D eigenvalue weighted by molar-refractivity contribution is -0.121. The molecule has 1 fully saturated rings. The number of sulfonamides is 1. The van der Waals surface area contributed by atoms with E-state index in [1.165, 1.54) is 34.9 Å². The number of amides is 1. The molecule has 2 aromatic carbocycles. The van der Waals surface area contributed by atoms with Gasteiger partial charge in [0.25, 0.3) is 5.91 Å². The molecular weight excluding hydrogens is 450 g/mol. The van der Waals surface area contributed by atoms with Crippen LogP contribution in [0.1, 0.15) is 19.8 Å². The highest BCUT2D eigenvalue weighted by molar-refractivity contribution is 7.89. The van der Waals surface area contributed by atoms with Crippen LogP contribution in [-0.4, -0.2) is 49.5 Å². The first-order valence-corrected chi connectivity index (χ1v) is 12.6. The molecule has 0 saturated carbocycles. The highest BCUT2D eigenvalue weighted by Crippen LogP contribution is 2.29. The van der Waals surface area contributed by atoms with E-state index in [9.17, 15) is 13.2 Å². The monoisotopic (exact) mass is 475 g/mol. The molecule has 0 radical (unpaired) electrons. The van der Waals surface area contributed by atoms with Gasteiger partial charge in [0.05, 0.1) is 23.3 Å². The van der Waals surface area contributed by atoms with Gasteiger partial charge < -0.3 is 14.0 Å². The van der Waals surface area contributed by atoms with E-state index in [-0.39, 0.29) is 11.4 Å². The topological polar surface area (TPSA) is 90.2 Å². The summed E-state index contributed by atoms with van der Waals surface area (Å²) in [6, 6.07) is 11.1. The van der Waals surface area contributed by atoms with Gasteiger partial charge in [-0.2, -0.15) is 9.30 Å². The van der Waals surface area contributed by atoms with Crippen LogP contribution in [0.4, 0.5) is 0 Å². The van der Waals surface area contributed by atoms with Crippen LogP contribution in [0.5, 0.6) is 11.5 Å². The van der Waals surface area contributed by atoms with Crippen LogP contribution in [-0.2, 0) is 21.9 Å². The molecule has 2 heterocycles. The molecule has 1 saturated heterocycles. The summed E-state index contributed by atoms with van der Waals surface area (Å²) in [4.78, 5) is 18.1. The number of carbonyl (C=O) groups excluding carboxylic acids is 1. The number of aromatic nitrogens is 1. The third-order valence-electron chi connectivity index (χ3n) is 5.45. The van der Waals surface area contributed by atoms with Crippen LogP contribution in [0, 0.1) is 0 Å². The second kappa shape index (κ2) is 9.05. The van der Waals surface area contributed by atoms with Crippen molar-refractivity contribution in [3.8, 4) is 11.5 Å². The average molecular weight is 476 g/mol. The minimum Gasteiger partial charge on any atom is -0.497 e. The van der Waals surface area contributed by atoms with Gasteiger partial charge in [-0.15, -0.1) is 0 Å². The molecule has 3 aromatic rings. The standard InChI is InChI=1S/C22H25N3O5S2/c1-4-30-18-8-5-9-19-20(18)24(2)22(31-19)23-21(26)17-7-6-14-25(17)32(27,28)16-12-10-15(29-3)11-13-16/h5,8-13,17H,4,6-7,14H2,1-3H3. The van der Waals surface area contributed by atoms with Gasteiger partial charge in [-0.25, -0.2) is 8.42 Å². The maximum atomic E-state index is 13.2. The number of fused-ring (bicyclic) bond motifs is 1. The van der Waals surface area contributed by atoms with E-state index in [0.717, 1.165) is 16.0 Å². The molecule has 1 atom stereocenters. The largest absolute Gasteiger partial charge is 0.497 e. The van der Waals surface area contributed by atoms with Gasteiger partial charge in [0.2, 0.25) is 10.0 Å². The SMILES string of the molecule is CCOc1cccc2sc(=NC(=O)C3CCCN3S(=O)(=O)c3ccc(OC)cc3)n(C)c12. The van der Waals surface area contributed by atoms with E-state index < -0.39 is 22.0 Å². The number of rotatable bonds is 6. The third kappa shape index (κ3) is 4.05. The average Bonchev–Trinajstić information content (AvgIpc) is 3.40. The Bertz CT molecular complexity index is 1310. The summed E-state index contributed by atoms with van der Waals surface area (Å²) in [7, 11) is -0.479. The van der Waals surface area contributed by atoms with E-state index in [1.54, 1.807) is 12.1 Å². The number of methoxy groups -OCH3 is 1. The molecule has 1 aromatic heterocycles. The fraction of sp³-hybridized carbons (Fsp3) is 0.364. The van der Waals surface area contributed by atoms with E-state index in [2.05, 4.69) is 4.99 Å². The molecule has 170 valence electrons. The second-order valence-electron chi connectivity index (χ2n) is 7.38. The fourth-order valence-corrected chi connectivity index (χ4v) is 6.57. The molecule has 1 aliphatic heterocycles. The molecule has 8 nitrogen and oxygen atoms in total. The number of benzene rings is 2. The Morgan fingerprint density at radius 2 is 1.97 bits per heavy atom. The summed E-state index contributed by atoms with van der Waals surface area (Å²) in [5.74, 6) is 0.832. The van der Waals surface area contributed by atoms with Gasteiger partial charge in [0.15, 0.2) is 4.80 Å².